The quantitative estimate of drug-likeness (QED) is 0.594. The normalized spacial score (nSPS) is 16.8. The monoisotopic (exact) mass is 162 g/mol. The first-order valence-electron chi connectivity index (χ1n) is 4.08. The van der Waals surface area contributed by atoms with Crippen LogP contribution in [0.15, 0.2) is 0 Å². The summed E-state index contributed by atoms with van der Waals surface area (Å²) in [5, 5.41) is 9.55. The molecule has 10 heavy (non-hydrogen) atoms. The van der Waals surface area contributed by atoms with Crippen LogP contribution in [0.25, 0.3) is 0 Å². The second kappa shape index (κ2) is 6.05. The highest BCUT2D eigenvalue weighted by Gasteiger charge is 2.11. The maximum absolute atomic E-state index is 9.37. The molecule has 1 nitrogen and oxygen atoms in total. The molecule has 0 aromatic rings. The summed E-state index contributed by atoms with van der Waals surface area (Å²) < 4.78 is 0. The zero-order valence-corrected chi connectivity index (χ0v) is 7.77. The van der Waals surface area contributed by atoms with Crippen molar-refractivity contribution < 1.29 is 5.11 Å². The predicted octanol–water partition coefficient (Wildman–Crippen LogP) is 2.25. The molecule has 0 bridgehead atoms. The Kier molecular flexibility index (Phi) is 6.24. The van der Waals surface area contributed by atoms with Gasteiger partial charge in [0.05, 0.1) is 6.10 Å². The lowest BCUT2D eigenvalue weighted by Gasteiger charge is -2.15. The molecule has 0 aromatic carbocycles. The minimum atomic E-state index is -0.201. The maximum Gasteiger partial charge on any atom is 0.0656 e. The van der Waals surface area contributed by atoms with E-state index in [9.17, 15) is 5.11 Å². The lowest BCUT2D eigenvalue weighted by molar-refractivity contribution is 0.157. The Morgan fingerprint density at radius 1 is 1.40 bits per heavy atom. The van der Waals surface area contributed by atoms with E-state index in [2.05, 4.69) is 19.6 Å². The smallest absolute Gasteiger partial charge is 0.0656 e. The highest BCUT2D eigenvalue weighted by molar-refractivity contribution is 7.81. The van der Waals surface area contributed by atoms with Gasteiger partial charge in [-0.05, 0) is 12.8 Å². The largest absolute Gasteiger partial charge is 0.392 e. The van der Waals surface area contributed by atoms with Crippen molar-refractivity contribution in [1.29, 1.82) is 0 Å². The fourth-order valence-electron chi connectivity index (χ4n) is 0.878. The summed E-state index contributed by atoms with van der Waals surface area (Å²) in [5.41, 5.74) is 0. The number of aliphatic hydroxyl groups excluding tert-OH is 1. The summed E-state index contributed by atoms with van der Waals surface area (Å²) in [6, 6.07) is 0. The standard InChI is InChI=1S/C8H18OS/c1-3-5-6-7(9)8(10)4-2/h7-10H,3-6H2,1-2H3. The lowest BCUT2D eigenvalue weighted by Crippen LogP contribution is -2.19. The molecular formula is C8H18OS. The number of unbranched alkanes of at least 4 members (excludes halogenated alkanes) is 1. The second-order valence-corrected chi connectivity index (χ2v) is 3.35. The number of hydrogen-bond donors (Lipinski definition) is 2. The van der Waals surface area contributed by atoms with Crippen LogP contribution in [0.4, 0.5) is 0 Å². The Morgan fingerprint density at radius 2 is 2.00 bits per heavy atom. The summed E-state index contributed by atoms with van der Waals surface area (Å²) in [6.45, 7) is 4.18. The van der Waals surface area contributed by atoms with Gasteiger partial charge in [-0.25, -0.2) is 0 Å². The molecular weight excluding hydrogens is 144 g/mol. The van der Waals surface area contributed by atoms with E-state index in [1.807, 2.05) is 6.92 Å². The highest BCUT2D eigenvalue weighted by Crippen LogP contribution is 2.12. The van der Waals surface area contributed by atoms with Crippen molar-refractivity contribution in [2.24, 2.45) is 0 Å². The molecule has 0 heterocycles. The zero-order chi connectivity index (χ0) is 7.98. The fourth-order valence-corrected chi connectivity index (χ4v) is 1.03. The third-order valence-corrected chi connectivity index (χ3v) is 2.43. The molecule has 2 unspecified atom stereocenters. The molecule has 0 rings (SSSR count). The first-order valence-corrected chi connectivity index (χ1v) is 4.60. The average molecular weight is 162 g/mol. The Labute approximate surface area is 69.2 Å². The van der Waals surface area contributed by atoms with Gasteiger partial charge in [0, 0.05) is 5.25 Å². The van der Waals surface area contributed by atoms with Crippen molar-refractivity contribution in [2.75, 3.05) is 0 Å². The molecule has 0 saturated heterocycles. The average Bonchev–Trinajstić information content (AvgIpc) is 1.98. The third kappa shape index (κ3) is 4.18. The molecule has 0 radical (unpaired) electrons. The molecule has 0 fully saturated rings. The highest BCUT2D eigenvalue weighted by atomic mass is 32.1. The van der Waals surface area contributed by atoms with Crippen molar-refractivity contribution in [3.8, 4) is 0 Å². The van der Waals surface area contributed by atoms with Crippen LogP contribution >= 0.6 is 12.6 Å². The molecule has 1 N–H and O–H groups in total. The van der Waals surface area contributed by atoms with E-state index < -0.39 is 0 Å². The van der Waals surface area contributed by atoms with E-state index in [1.54, 1.807) is 0 Å². The van der Waals surface area contributed by atoms with Crippen LogP contribution in [-0.2, 0) is 0 Å². The minimum Gasteiger partial charge on any atom is -0.392 e. The Balaban J connectivity index is 3.31. The Bertz CT molecular complexity index is 75.7. The molecule has 0 saturated carbocycles. The molecule has 0 spiro atoms. The molecule has 0 aliphatic carbocycles. The van der Waals surface area contributed by atoms with Gasteiger partial charge in [-0.3, -0.25) is 0 Å². The fraction of sp³-hybridized carbons (Fsp3) is 1.00. The van der Waals surface area contributed by atoms with Crippen LogP contribution in [0, 0.1) is 0 Å². The van der Waals surface area contributed by atoms with Crippen molar-refractivity contribution >= 4 is 12.6 Å². The van der Waals surface area contributed by atoms with Crippen LogP contribution < -0.4 is 0 Å². The first-order chi connectivity index (χ1) is 4.72. The van der Waals surface area contributed by atoms with Crippen LogP contribution in [0.3, 0.4) is 0 Å². The van der Waals surface area contributed by atoms with Crippen molar-refractivity contribution in [1.82, 2.24) is 0 Å². The summed E-state index contributed by atoms with van der Waals surface area (Å²) >= 11 is 4.25. The van der Waals surface area contributed by atoms with Crippen molar-refractivity contribution in [3.63, 3.8) is 0 Å². The van der Waals surface area contributed by atoms with Gasteiger partial charge in [0.15, 0.2) is 0 Å². The Hall–Kier alpha value is 0.310. The van der Waals surface area contributed by atoms with Gasteiger partial charge >= 0.3 is 0 Å². The number of rotatable bonds is 5. The molecule has 2 atom stereocenters. The van der Waals surface area contributed by atoms with Crippen molar-refractivity contribution in [2.45, 2.75) is 50.9 Å². The number of aliphatic hydroxyl groups is 1. The maximum atomic E-state index is 9.37. The summed E-state index contributed by atoms with van der Waals surface area (Å²) in [7, 11) is 0. The Morgan fingerprint density at radius 3 is 2.40 bits per heavy atom. The van der Waals surface area contributed by atoms with Crippen LogP contribution in [0.1, 0.15) is 39.5 Å². The van der Waals surface area contributed by atoms with E-state index in [0.29, 0.717) is 0 Å². The number of hydrogen-bond acceptors (Lipinski definition) is 2. The SMILES string of the molecule is CCCCC(O)C(S)CC. The molecule has 0 amide bonds. The van der Waals surface area contributed by atoms with E-state index in [1.165, 1.54) is 0 Å². The van der Waals surface area contributed by atoms with Crippen LogP contribution in [0.2, 0.25) is 0 Å². The lowest BCUT2D eigenvalue weighted by atomic mass is 10.1. The number of thiol groups is 1. The van der Waals surface area contributed by atoms with Gasteiger partial charge < -0.3 is 5.11 Å². The topological polar surface area (TPSA) is 20.2 Å². The zero-order valence-electron chi connectivity index (χ0n) is 6.88. The molecule has 0 aliphatic heterocycles. The minimum absolute atomic E-state index is 0.173. The van der Waals surface area contributed by atoms with E-state index >= 15 is 0 Å². The van der Waals surface area contributed by atoms with Gasteiger partial charge in [-0.1, -0.05) is 26.7 Å². The summed E-state index contributed by atoms with van der Waals surface area (Å²) in [5.74, 6) is 0. The van der Waals surface area contributed by atoms with Crippen molar-refractivity contribution in [3.05, 3.63) is 0 Å². The first kappa shape index (κ1) is 10.3. The van der Waals surface area contributed by atoms with Gasteiger partial charge in [0.25, 0.3) is 0 Å². The van der Waals surface area contributed by atoms with Gasteiger partial charge in [-0.2, -0.15) is 12.6 Å². The molecule has 2 heteroatoms. The predicted molar refractivity (Wildman–Crippen MR) is 48.6 cm³/mol. The van der Waals surface area contributed by atoms with Gasteiger partial charge in [0.2, 0.25) is 0 Å². The van der Waals surface area contributed by atoms with Crippen LogP contribution in [0.5, 0.6) is 0 Å². The second-order valence-electron chi connectivity index (χ2n) is 2.69. The molecule has 62 valence electrons. The molecule has 0 aromatic heterocycles. The van der Waals surface area contributed by atoms with Gasteiger partial charge in [-0.15, -0.1) is 0 Å². The van der Waals surface area contributed by atoms with E-state index in [4.69, 9.17) is 0 Å². The third-order valence-electron chi connectivity index (χ3n) is 1.72. The van der Waals surface area contributed by atoms with E-state index in [0.717, 1.165) is 25.7 Å². The van der Waals surface area contributed by atoms with Crippen LogP contribution in [-0.4, -0.2) is 16.5 Å². The summed E-state index contributed by atoms with van der Waals surface area (Å²) in [4.78, 5) is 0. The summed E-state index contributed by atoms with van der Waals surface area (Å²) in [6.07, 6.45) is 3.92. The molecule has 0 aliphatic rings. The van der Waals surface area contributed by atoms with Gasteiger partial charge in [0.1, 0.15) is 0 Å². The van der Waals surface area contributed by atoms with E-state index in [-0.39, 0.29) is 11.4 Å².